The molecule has 1 unspecified atom stereocenters. The molecule has 1 heterocycles. The zero-order valence-electron chi connectivity index (χ0n) is 18.9. The van der Waals surface area contributed by atoms with Gasteiger partial charge in [0.2, 0.25) is 0 Å². The normalized spacial score (nSPS) is 19.9. The number of unbranched alkanes of at least 4 members (excludes halogenated alkanes) is 4. The maximum absolute atomic E-state index is 10.4. The molecule has 1 N–H and O–H groups in total. The Balaban J connectivity index is 2.10. The van der Waals surface area contributed by atoms with E-state index >= 15 is 0 Å². The van der Waals surface area contributed by atoms with Crippen LogP contribution < -0.4 is 4.90 Å². The number of ether oxygens (including phenoxy) is 2. The first-order valence-electron chi connectivity index (χ1n) is 11.4. The van der Waals surface area contributed by atoms with Gasteiger partial charge in [0, 0.05) is 32.9 Å². The number of methoxy groups -OCH3 is 2. The summed E-state index contributed by atoms with van der Waals surface area (Å²) < 4.78 is 11.7. The first-order valence-corrected chi connectivity index (χ1v) is 11.4. The van der Waals surface area contributed by atoms with Gasteiger partial charge in [0.15, 0.2) is 5.79 Å². The van der Waals surface area contributed by atoms with E-state index in [0.717, 1.165) is 49.9 Å². The van der Waals surface area contributed by atoms with Gasteiger partial charge in [-0.2, -0.15) is 0 Å². The van der Waals surface area contributed by atoms with Crippen LogP contribution in [0.25, 0.3) is 0 Å². The van der Waals surface area contributed by atoms with Gasteiger partial charge >= 0.3 is 0 Å². The van der Waals surface area contributed by atoms with Crippen LogP contribution in [0.3, 0.4) is 0 Å². The minimum absolute atomic E-state index is 0.135. The molecular formula is C25H41NO3. The number of aliphatic hydroxyl groups excluding tert-OH is 1. The number of nitrogens with zero attached hydrogens (tertiary/aromatic N) is 1. The molecule has 2 rings (SSSR count). The van der Waals surface area contributed by atoms with Gasteiger partial charge in [-0.15, -0.1) is 0 Å². The Hall–Kier alpha value is -1.36. The highest BCUT2D eigenvalue weighted by Crippen LogP contribution is 2.38. The number of rotatable bonds is 13. The number of aliphatic hydroxyl groups is 1. The summed E-state index contributed by atoms with van der Waals surface area (Å²) in [6.45, 7) is 5.30. The lowest BCUT2D eigenvalue weighted by molar-refractivity contribution is -0.208. The summed E-state index contributed by atoms with van der Waals surface area (Å²) in [6, 6.07) is 8.54. The molecule has 1 aromatic carbocycles. The van der Waals surface area contributed by atoms with Crippen LogP contribution in [0.5, 0.6) is 0 Å². The number of hydrogen-bond acceptors (Lipinski definition) is 4. The Morgan fingerprint density at radius 1 is 1.07 bits per heavy atom. The van der Waals surface area contributed by atoms with E-state index in [2.05, 4.69) is 55.2 Å². The number of allylic oxidation sites excluding steroid dienone is 1. The van der Waals surface area contributed by atoms with E-state index in [1.807, 2.05) is 0 Å². The van der Waals surface area contributed by atoms with Crippen molar-refractivity contribution in [1.29, 1.82) is 0 Å². The SMILES string of the molecule is CCCC/C=C\C[C@@H]1N(c2ccc(C(O)CCCCC)cc2)CCC1(OC)OC. The molecule has 1 aromatic rings. The third-order valence-electron chi connectivity index (χ3n) is 6.22. The van der Waals surface area contributed by atoms with E-state index in [1.54, 1.807) is 14.2 Å². The molecule has 1 fully saturated rings. The van der Waals surface area contributed by atoms with Crippen molar-refractivity contribution >= 4 is 5.69 Å². The van der Waals surface area contributed by atoms with Crippen LogP contribution in [0.15, 0.2) is 36.4 Å². The summed E-state index contributed by atoms with van der Waals surface area (Å²) in [5.74, 6) is -0.576. The van der Waals surface area contributed by atoms with Crippen molar-refractivity contribution in [3.05, 3.63) is 42.0 Å². The second kappa shape index (κ2) is 12.4. The average molecular weight is 404 g/mol. The molecule has 164 valence electrons. The molecule has 0 aliphatic carbocycles. The molecule has 0 saturated carbocycles. The summed E-state index contributed by atoms with van der Waals surface area (Å²) in [4.78, 5) is 2.39. The maximum atomic E-state index is 10.4. The second-order valence-corrected chi connectivity index (χ2v) is 8.13. The molecule has 0 aromatic heterocycles. The number of benzene rings is 1. The molecule has 2 atom stereocenters. The molecule has 0 amide bonds. The van der Waals surface area contributed by atoms with Gasteiger partial charge in [0.1, 0.15) is 0 Å². The van der Waals surface area contributed by atoms with Crippen molar-refractivity contribution in [2.75, 3.05) is 25.7 Å². The fourth-order valence-corrected chi connectivity index (χ4v) is 4.32. The topological polar surface area (TPSA) is 41.9 Å². The van der Waals surface area contributed by atoms with Crippen molar-refractivity contribution in [2.45, 2.75) is 89.6 Å². The Bertz CT molecular complexity index is 595. The number of hydrogen-bond donors (Lipinski definition) is 1. The van der Waals surface area contributed by atoms with Gasteiger partial charge in [0.25, 0.3) is 0 Å². The van der Waals surface area contributed by atoms with E-state index in [9.17, 15) is 5.11 Å². The predicted molar refractivity (Wildman–Crippen MR) is 121 cm³/mol. The molecule has 1 aliphatic heterocycles. The Kier molecular flexibility index (Phi) is 10.2. The number of anilines is 1. The van der Waals surface area contributed by atoms with Gasteiger partial charge in [-0.05, 0) is 37.0 Å². The summed E-state index contributed by atoms with van der Waals surface area (Å²) in [5.41, 5.74) is 2.17. The molecule has 0 bridgehead atoms. The first-order chi connectivity index (χ1) is 14.1. The Labute approximate surface area is 177 Å². The highest BCUT2D eigenvalue weighted by Gasteiger charge is 2.47. The van der Waals surface area contributed by atoms with Crippen molar-refractivity contribution in [3.8, 4) is 0 Å². The summed E-state index contributed by atoms with van der Waals surface area (Å²) >= 11 is 0. The van der Waals surface area contributed by atoms with Crippen molar-refractivity contribution < 1.29 is 14.6 Å². The van der Waals surface area contributed by atoms with Gasteiger partial charge < -0.3 is 19.5 Å². The quantitative estimate of drug-likeness (QED) is 0.249. The van der Waals surface area contributed by atoms with Crippen LogP contribution in [-0.2, 0) is 9.47 Å². The van der Waals surface area contributed by atoms with Crippen molar-refractivity contribution in [3.63, 3.8) is 0 Å². The lowest BCUT2D eigenvalue weighted by Gasteiger charge is -2.36. The lowest BCUT2D eigenvalue weighted by atomic mass is 10.0. The summed E-state index contributed by atoms with van der Waals surface area (Å²) in [6.07, 6.45) is 13.8. The average Bonchev–Trinajstić information content (AvgIpc) is 3.12. The van der Waals surface area contributed by atoms with Crippen LogP contribution in [0, 0.1) is 0 Å². The van der Waals surface area contributed by atoms with Crippen LogP contribution in [0.4, 0.5) is 5.69 Å². The van der Waals surface area contributed by atoms with Crippen molar-refractivity contribution in [2.24, 2.45) is 0 Å². The zero-order valence-corrected chi connectivity index (χ0v) is 18.9. The van der Waals surface area contributed by atoms with E-state index < -0.39 is 5.79 Å². The molecular weight excluding hydrogens is 362 g/mol. The van der Waals surface area contributed by atoms with E-state index in [4.69, 9.17) is 9.47 Å². The summed E-state index contributed by atoms with van der Waals surface area (Å²) in [7, 11) is 3.49. The Morgan fingerprint density at radius 3 is 2.38 bits per heavy atom. The van der Waals surface area contributed by atoms with Gasteiger partial charge in [-0.3, -0.25) is 0 Å². The Morgan fingerprint density at radius 2 is 1.76 bits per heavy atom. The minimum Gasteiger partial charge on any atom is -0.388 e. The van der Waals surface area contributed by atoms with Gasteiger partial charge in [0.05, 0.1) is 12.1 Å². The lowest BCUT2D eigenvalue weighted by Crippen LogP contribution is -2.47. The molecule has 29 heavy (non-hydrogen) atoms. The van der Waals surface area contributed by atoms with Crippen LogP contribution >= 0.6 is 0 Å². The van der Waals surface area contributed by atoms with Crippen LogP contribution in [0.2, 0.25) is 0 Å². The van der Waals surface area contributed by atoms with Gasteiger partial charge in [-0.1, -0.05) is 70.2 Å². The fraction of sp³-hybridized carbons (Fsp3) is 0.680. The molecule has 1 saturated heterocycles. The second-order valence-electron chi connectivity index (χ2n) is 8.13. The van der Waals surface area contributed by atoms with Gasteiger partial charge in [-0.25, -0.2) is 0 Å². The molecule has 4 heteroatoms. The molecule has 4 nitrogen and oxygen atoms in total. The molecule has 0 spiro atoms. The fourth-order valence-electron chi connectivity index (χ4n) is 4.32. The monoisotopic (exact) mass is 403 g/mol. The third-order valence-corrected chi connectivity index (χ3v) is 6.22. The maximum Gasteiger partial charge on any atom is 0.190 e. The predicted octanol–water partition coefficient (Wildman–Crippen LogP) is 6.00. The zero-order chi connectivity index (χ0) is 21.1. The molecule has 1 aliphatic rings. The first kappa shape index (κ1) is 23.9. The highest BCUT2D eigenvalue weighted by molar-refractivity contribution is 5.51. The standard InChI is InChI=1S/C25H41NO3/c1-5-7-9-10-12-14-24-25(28-3,29-4)19-20-26(24)22-17-15-21(16-18-22)23(27)13-11-8-6-2/h10,12,15-18,23-24,27H,5-9,11,13-14,19-20H2,1-4H3/b12-10-/t23?,24-/m0/s1. The molecule has 0 radical (unpaired) electrons. The third kappa shape index (κ3) is 6.31. The minimum atomic E-state index is -0.576. The van der Waals surface area contributed by atoms with E-state index in [-0.39, 0.29) is 12.1 Å². The van der Waals surface area contributed by atoms with Crippen LogP contribution in [0.1, 0.15) is 83.3 Å². The smallest absolute Gasteiger partial charge is 0.190 e. The van der Waals surface area contributed by atoms with E-state index in [0.29, 0.717) is 0 Å². The largest absolute Gasteiger partial charge is 0.388 e. The van der Waals surface area contributed by atoms with E-state index in [1.165, 1.54) is 25.7 Å². The van der Waals surface area contributed by atoms with Crippen LogP contribution in [-0.4, -0.2) is 37.7 Å². The highest BCUT2D eigenvalue weighted by atomic mass is 16.7. The summed E-state index contributed by atoms with van der Waals surface area (Å²) in [5, 5.41) is 10.4. The van der Waals surface area contributed by atoms with Crippen molar-refractivity contribution in [1.82, 2.24) is 0 Å².